The molecule has 0 spiro atoms. The normalized spacial score (nSPS) is 10.6. The standard InChI is InChI=1S/C24H18N2O/c1-16-7-6-9-18(13-16)21-14-23(26-24(27-2)22(21)15-25)20-12-11-17-8-4-3-5-10-19(17)20/h3-14H,1-2H3. The number of nitriles is 1. The number of hydrogen-bond donors (Lipinski definition) is 0. The van der Waals surface area contributed by atoms with E-state index in [0.717, 1.165) is 39.1 Å². The predicted molar refractivity (Wildman–Crippen MR) is 108 cm³/mol. The van der Waals surface area contributed by atoms with Gasteiger partial charge in [0, 0.05) is 11.1 Å². The van der Waals surface area contributed by atoms with Crippen LogP contribution in [0.25, 0.3) is 33.5 Å². The minimum absolute atomic E-state index is 0.348. The Morgan fingerprint density at radius 1 is 0.815 bits per heavy atom. The highest BCUT2D eigenvalue weighted by Gasteiger charge is 2.18. The number of hydrogen-bond acceptors (Lipinski definition) is 3. The lowest BCUT2D eigenvalue weighted by Crippen LogP contribution is -1.98. The van der Waals surface area contributed by atoms with Gasteiger partial charge in [0.05, 0.1) is 12.8 Å². The SMILES string of the molecule is COc1nc(-c2ccc3cccccc2-3)cc(-c2cccc(C)c2)c1C#N. The first-order valence-corrected chi connectivity index (χ1v) is 8.75. The Kier molecular flexibility index (Phi) is 4.32. The molecule has 0 bridgehead atoms. The quantitative estimate of drug-likeness (QED) is 0.475. The molecule has 4 rings (SSSR count). The van der Waals surface area contributed by atoms with E-state index in [1.807, 2.05) is 49.4 Å². The molecule has 0 N–H and O–H groups in total. The molecule has 1 aromatic carbocycles. The third kappa shape index (κ3) is 3.02. The predicted octanol–water partition coefficient (Wildman–Crippen LogP) is 5.71. The molecule has 0 unspecified atom stereocenters. The van der Waals surface area contributed by atoms with Crippen LogP contribution in [0.2, 0.25) is 0 Å². The molecule has 0 fully saturated rings. The maximum absolute atomic E-state index is 9.72. The largest absolute Gasteiger partial charge is 0.480 e. The van der Waals surface area contributed by atoms with Crippen LogP contribution < -0.4 is 4.74 Å². The Morgan fingerprint density at radius 3 is 2.41 bits per heavy atom. The molecule has 0 saturated carbocycles. The van der Waals surface area contributed by atoms with Crippen LogP contribution in [0.4, 0.5) is 0 Å². The zero-order valence-electron chi connectivity index (χ0n) is 15.2. The number of pyridine rings is 1. The van der Waals surface area contributed by atoms with E-state index < -0.39 is 0 Å². The summed E-state index contributed by atoms with van der Waals surface area (Å²) < 4.78 is 5.46. The van der Waals surface area contributed by atoms with Crippen molar-refractivity contribution in [2.45, 2.75) is 6.92 Å². The molecule has 0 atom stereocenters. The molecule has 0 saturated heterocycles. The second-order valence-corrected chi connectivity index (χ2v) is 6.45. The van der Waals surface area contributed by atoms with Gasteiger partial charge in [0.2, 0.25) is 5.88 Å². The summed E-state index contributed by atoms with van der Waals surface area (Å²) in [7, 11) is 1.55. The molecule has 0 amide bonds. The molecule has 0 radical (unpaired) electrons. The van der Waals surface area contributed by atoms with Crippen molar-refractivity contribution in [1.82, 2.24) is 4.98 Å². The highest BCUT2D eigenvalue weighted by atomic mass is 16.5. The van der Waals surface area contributed by atoms with Gasteiger partial charge in [-0.25, -0.2) is 4.98 Å². The molecule has 1 aromatic heterocycles. The fourth-order valence-electron chi connectivity index (χ4n) is 3.39. The molecule has 2 aliphatic rings. The molecular weight excluding hydrogens is 332 g/mol. The third-order valence-electron chi connectivity index (χ3n) is 4.69. The number of aryl methyl sites for hydroxylation is 1. The van der Waals surface area contributed by atoms with Gasteiger partial charge in [0.15, 0.2) is 0 Å². The van der Waals surface area contributed by atoms with Gasteiger partial charge in [-0.15, -0.1) is 0 Å². The number of aromatic nitrogens is 1. The van der Waals surface area contributed by atoms with Gasteiger partial charge < -0.3 is 4.74 Å². The number of nitrogens with zero attached hydrogens (tertiary/aromatic N) is 2. The van der Waals surface area contributed by atoms with Gasteiger partial charge >= 0.3 is 0 Å². The van der Waals surface area contributed by atoms with Crippen molar-refractivity contribution in [3.05, 3.63) is 83.9 Å². The molecule has 0 aliphatic heterocycles. The van der Waals surface area contributed by atoms with Crippen LogP contribution in [0.5, 0.6) is 5.88 Å². The van der Waals surface area contributed by atoms with Gasteiger partial charge in [-0.3, -0.25) is 0 Å². The van der Waals surface area contributed by atoms with Crippen molar-refractivity contribution in [3.63, 3.8) is 0 Å². The smallest absolute Gasteiger partial charge is 0.232 e. The summed E-state index contributed by atoms with van der Waals surface area (Å²) in [6.07, 6.45) is 0. The van der Waals surface area contributed by atoms with Gasteiger partial charge in [-0.2, -0.15) is 5.26 Å². The van der Waals surface area contributed by atoms with Crippen LogP contribution in [0.15, 0.2) is 72.8 Å². The van der Waals surface area contributed by atoms with Crippen molar-refractivity contribution in [3.8, 4) is 45.5 Å². The van der Waals surface area contributed by atoms with Gasteiger partial charge in [0.25, 0.3) is 0 Å². The van der Waals surface area contributed by atoms with E-state index in [-0.39, 0.29) is 0 Å². The minimum atomic E-state index is 0.348. The Morgan fingerprint density at radius 2 is 1.63 bits per heavy atom. The molecule has 130 valence electrons. The van der Waals surface area contributed by atoms with E-state index in [1.165, 1.54) is 0 Å². The molecule has 3 heteroatoms. The lowest BCUT2D eigenvalue weighted by atomic mass is 9.97. The van der Waals surface area contributed by atoms with Crippen LogP contribution in [0.3, 0.4) is 0 Å². The Labute approximate surface area is 158 Å². The molecule has 2 aliphatic carbocycles. The average Bonchev–Trinajstić information content (AvgIpc) is 2.95. The number of rotatable bonds is 3. The molecule has 1 heterocycles. The summed E-state index contributed by atoms with van der Waals surface area (Å²) in [6.45, 7) is 2.04. The van der Waals surface area contributed by atoms with Crippen molar-refractivity contribution < 1.29 is 4.74 Å². The Hall–Kier alpha value is -3.64. The molecule has 2 aromatic rings. The topological polar surface area (TPSA) is 45.9 Å². The van der Waals surface area contributed by atoms with Crippen molar-refractivity contribution in [1.29, 1.82) is 5.26 Å². The Bertz CT molecular complexity index is 1140. The fraction of sp³-hybridized carbons (Fsp3) is 0.0833. The molecule has 3 nitrogen and oxygen atoms in total. The fourth-order valence-corrected chi connectivity index (χ4v) is 3.39. The summed E-state index contributed by atoms with van der Waals surface area (Å²) in [6, 6.07) is 26.7. The van der Waals surface area contributed by atoms with Gasteiger partial charge in [-0.1, -0.05) is 72.3 Å². The molecular formula is C24H18N2O. The van der Waals surface area contributed by atoms with E-state index in [1.54, 1.807) is 7.11 Å². The van der Waals surface area contributed by atoms with Crippen molar-refractivity contribution >= 4 is 0 Å². The van der Waals surface area contributed by atoms with Crippen LogP contribution in [-0.2, 0) is 0 Å². The summed E-state index contributed by atoms with van der Waals surface area (Å²) in [5, 5.41) is 9.72. The Balaban J connectivity index is 1.98. The zero-order valence-corrected chi connectivity index (χ0v) is 15.2. The summed E-state index contributed by atoms with van der Waals surface area (Å²) >= 11 is 0. The van der Waals surface area contributed by atoms with Crippen LogP contribution >= 0.6 is 0 Å². The minimum Gasteiger partial charge on any atom is -0.480 e. The van der Waals surface area contributed by atoms with E-state index in [4.69, 9.17) is 4.74 Å². The highest BCUT2D eigenvalue weighted by Crippen LogP contribution is 2.38. The van der Waals surface area contributed by atoms with Gasteiger partial charge in [-0.05, 0) is 29.7 Å². The first kappa shape index (κ1) is 16.8. The van der Waals surface area contributed by atoms with Crippen molar-refractivity contribution in [2.75, 3.05) is 7.11 Å². The lowest BCUT2D eigenvalue weighted by Gasteiger charge is -2.12. The number of ether oxygens (including phenoxy) is 1. The van der Waals surface area contributed by atoms with E-state index >= 15 is 0 Å². The van der Waals surface area contributed by atoms with Gasteiger partial charge in [0.1, 0.15) is 11.6 Å². The average molecular weight is 350 g/mol. The summed E-state index contributed by atoms with van der Waals surface area (Å²) in [5.41, 5.74) is 7.49. The van der Waals surface area contributed by atoms with E-state index in [0.29, 0.717) is 11.4 Å². The number of benzene rings is 1. The zero-order chi connectivity index (χ0) is 18.8. The highest BCUT2D eigenvalue weighted by molar-refractivity contribution is 5.87. The maximum Gasteiger partial charge on any atom is 0.232 e. The van der Waals surface area contributed by atoms with E-state index in [9.17, 15) is 5.26 Å². The second-order valence-electron chi connectivity index (χ2n) is 6.45. The van der Waals surface area contributed by atoms with E-state index in [2.05, 4.69) is 41.4 Å². The van der Waals surface area contributed by atoms with Crippen LogP contribution in [0, 0.1) is 18.3 Å². The molecule has 27 heavy (non-hydrogen) atoms. The lowest BCUT2D eigenvalue weighted by molar-refractivity contribution is 0.397. The second kappa shape index (κ2) is 6.93. The number of methoxy groups -OCH3 is 1. The summed E-state index contributed by atoms with van der Waals surface area (Å²) in [5.74, 6) is 0.348. The maximum atomic E-state index is 9.72. The number of fused-ring (bicyclic) bond motifs is 1. The van der Waals surface area contributed by atoms with Crippen molar-refractivity contribution in [2.24, 2.45) is 0 Å². The third-order valence-corrected chi connectivity index (χ3v) is 4.69. The first-order valence-electron chi connectivity index (χ1n) is 8.75. The van der Waals surface area contributed by atoms with Crippen LogP contribution in [-0.4, -0.2) is 12.1 Å². The monoisotopic (exact) mass is 350 g/mol. The first-order chi connectivity index (χ1) is 13.2. The summed E-state index contributed by atoms with van der Waals surface area (Å²) in [4.78, 5) is 4.64. The van der Waals surface area contributed by atoms with Crippen LogP contribution in [0.1, 0.15) is 11.1 Å².